The minimum atomic E-state index is -0.912. The number of hydrogen-bond donors (Lipinski definition) is 1. The molecule has 3 rings (SSSR count). The SMILES string of the molecule is CN(C)C1CCc2[nH]c3ccc(S(C)=O)cc3c2C1. The Hall–Kier alpha value is -1.13. The van der Waals surface area contributed by atoms with Gasteiger partial charge in [-0.2, -0.15) is 0 Å². The Kier molecular flexibility index (Phi) is 3.23. The molecule has 1 aliphatic carbocycles. The molecule has 0 fully saturated rings. The van der Waals surface area contributed by atoms with Crippen LogP contribution >= 0.6 is 0 Å². The van der Waals surface area contributed by atoms with E-state index in [9.17, 15) is 4.21 Å². The van der Waals surface area contributed by atoms with Crippen molar-refractivity contribution in [3.8, 4) is 0 Å². The van der Waals surface area contributed by atoms with Crippen LogP contribution in [0.2, 0.25) is 0 Å². The molecule has 2 aromatic rings. The van der Waals surface area contributed by atoms with Crippen molar-refractivity contribution >= 4 is 21.7 Å². The predicted molar refractivity (Wildman–Crippen MR) is 80.1 cm³/mol. The van der Waals surface area contributed by atoms with Crippen molar-refractivity contribution in [3.05, 3.63) is 29.5 Å². The Morgan fingerprint density at radius 3 is 2.84 bits per heavy atom. The Bertz CT molecular complexity index is 645. The van der Waals surface area contributed by atoms with Gasteiger partial charge >= 0.3 is 0 Å². The average Bonchev–Trinajstić information content (AvgIpc) is 2.75. The summed E-state index contributed by atoms with van der Waals surface area (Å²) in [6.45, 7) is 0. The number of aromatic amines is 1. The molecule has 1 aromatic heterocycles. The number of benzene rings is 1. The number of rotatable bonds is 2. The Morgan fingerprint density at radius 2 is 2.16 bits per heavy atom. The van der Waals surface area contributed by atoms with Crippen LogP contribution in [-0.4, -0.2) is 40.5 Å². The van der Waals surface area contributed by atoms with E-state index < -0.39 is 10.8 Å². The fraction of sp³-hybridized carbons (Fsp3) is 0.467. The van der Waals surface area contributed by atoms with Gasteiger partial charge in [-0.3, -0.25) is 4.21 Å². The highest BCUT2D eigenvalue weighted by Gasteiger charge is 2.23. The van der Waals surface area contributed by atoms with E-state index in [-0.39, 0.29) is 0 Å². The summed E-state index contributed by atoms with van der Waals surface area (Å²) in [6, 6.07) is 6.74. The Morgan fingerprint density at radius 1 is 1.37 bits per heavy atom. The molecule has 0 amide bonds. The standard InChI is InChI=1S/C15H20N2OS/c1-17(2)10-4-6-14-12(8-10)13-9-11(19(3)18)5-7-15(13)16-14/h5,7,9-10,16H,4,6,8H2,1-3H3. The highest BCUT2D eigenvalue weighted by atomic mass is 32.2. The summed E-state index contributed by atoms with van der Waals surface area (Å²) in [7, 11) is 3.39. The van der Waals surface area contributed by atoms with Crippen LogP contribution in [0.3, 0.4) is 0 Å². The molecule has 1 heterocycles. The lowest BCUT2D eigenvalue weighted by Gasteiger charge is -2.28. The quantitative estimate of drug-likeness (QED) is 0.914. The van der Waals surface area contributed by atoms with Crippen molar-refractivity contribution in [1.82, 2.24) is 9.88 Å². The molecule has 4 heteroatoms. The third-order valence-corrected chi connectivity index (χ3v) is 5.11. The average molecular weight is 276 g/mol. The van der Waals surface area contributed by atoms with E-state index >= 15 is 0 Å². The van der Waals surface area contributed by atoms with E-state index in [1.165, 1.54) is 28.6 Å². The molecule has 2 unspecified atom stereocenters. The first-order valence-electron chi connectivity index (χ1n) is 6.69. The van der Waals surface area contributed by atoms with Crippen molar-refractivity contribution in [2.45, 2.75) is 30.2 Å². The number of nitrogens with zero attached hydrogens (tertiary/aromatic N) is 1. The maximum absolute atomic E-state index is 11.6. The third-order valence-electron chi connectivity index (χ3n) is 4.20. The molecule has 0 bridgehead atoms. The maximum atomic E-state index is 11.6. The first-order chi connectivity index (χ1) is 9.06. The second-order valence-electron chi connectivity index (χ2n) is 5.60. The third kappa shape index (κ3) is 2.23. The lowest BCUT2D eigenvalue weighted by molar-refractivity contribution is 0.268. The van der Waals surface area contributed by atoms with Gasteiger partial charge in [-0.1, -0.05) is 0 Å². The van der Waals surface area contributed by atoms with Crippen LogP contribution in [0.25, 0.3) is 10.9 Å². The number of hydrogen-bond acceptors (Lipinski definition) is 2. The summed E-state index contributed by atoms with van der Waals surface area (Å²) in [5.41, 5.74) is 3.97. The van der Waals surface area contributed by atoms with E-state index in [1.54, 1.807) is 6.26 Å². The van der Waals surface area contributed by atoms with E-state index in [2.05, 4.69) is 36.1 Å². The zero-order valence-corrected chi connectivity index (χ0v) is 12.5. The first-order valence-corrected chi connectivity index (χ1v) is 8.25. The maximum Gasteiger partial charge on any atom is 0.0498 e. The van der Waals surface area contributed by atoms with Gasteiger partial charge in [0.15, 0.2) is 0 Å². The number of nitrogens with one attached hydrogen (secondary N) is 1. The van der Waals surface area contributed by atoms with Crippen molar-refractivity contribution in [2.24, 2.45) is 0 Å². The second kappa shape index (κ2) is 4.76. The van der Waals surface area contributed by atoms with Crippen LogP contribution in [0.4, 0.5) is 0 Å². The fourth-order valence-corrected chi connectivity index (χ4v) is 3.54. The van der Waals surface area contributed by atoms with E-state index in [1.807, 2.05) is 6.07 Å². The number of likely N-dealkylation sites (N-methyl/N-ethyl adjacent to an activating group) is 1. The molecule has 0 radical (unpaired) electrons. The lowest BCUT2D eigenvalue weighted by atomic mass is 9.91. The van der Waals surface area contributed by atoms with Crippen LogP contribution in [0.5, 0.6) is 0 Å². The monoisotopic (exact) mass is 276 g/mol. The number of aryl methyl sites for hydroxylation is 1. The Balaban J connectivity index is 2.10. The molecule has 2 atom stereocenters. The predicted octanol–water partition coefficient (Wildman–Crippen LogP) is 2.32. The van der Waals surface area contributed by atoms with Gasteiger partial charge < -0.3 is 9.88 Å². The number of aromatic nitrogens is 1. The van der Waals surface area contributed by atoms with E-state index in [0.717, 1.165) is 17.7 Å². The molecule has 0 saturated heterocycles. The largest absolute Gasteiger partial charge is 0.358 e. The molecule has 102 valence electrons. The van der Waals surface area contributed by atoms with Gasteiger partial charge in [0.05, 0.1) is 0 Å². The van der Waals surface area contributed by atoms with Gasteiger partial charge in [-0.15, -0.1) is 0 Å². The van der Waals surface area contributed by atoms with Gasteiger partial charge in [0.1, 0.15) is 0 Å². The minimum absolute atomic E-state index is 0.613. The molecule has 0 saturated carbocycles. The molecule has 3 nitrogen and oxygen atoms in total. The van der Waals surface area contributed by atoms with Gasteiger partial charge in [-0.05, 0) is 57.1 Å². The van der Waals surface area contributed by atoms with Crippen LogP contribution < -0.4 is 0 Å². The summed E-state index contributed by atoms with van der Waals surface area (Å²) >= 11 is 0. The number of H-pyrrole nitrogens is 1. The molecular weight excluding hydrogens is 256 g/mol. The second-order valence-corrected chi connectivity index (χ2v) is 6.98. The highest BCUT2D eigenvalue weighted by molar-refractivity contribution is 7.84. The zero-order valence-electron chi connectivity index (χ0n) is 11.7. The van der Waals surface area contributed by atoms with Crippen molar-refractivity contribution < 1.29 is 4.21 Å². The molecular formula is C15H20N2OS. The van der Waals surface area contributed by atoms with Crippen molar-refractivity contribution in [3.63, 3.8) is 0 Å². The van der Waals surface area contributed by atoms with Crippen LogP contribution in [0.1, 0.15) is 17.7 Å². The van der Waals surface area contributed by atoms with Gasteiger partial charge in [-0.25, -0.2) is 0 Å². The van der Waals surface area contributed by atoms with E-state index in [0.29, 0.717) is 6.04 Å². The lowest BCUT2D eigenvalue weighted by Crippen LogP contribution is -2.33. The molecule has 1 aromatic carbocycles. The Labute approximate surface area is 116 Å². The normalized spacial score (nSPS) is 20.7. The zero-order chi connectivity index (χ0) is 13.6. The topological polar surface area (TPSA) is 36.1 Å². The summed E-state index contributed by atoms with van der Waals surface area (Å²) in [5, 5.41) is 1.26. The van der Waals surface area contributed by atoms with E-state index in [4.69, 9.17) is 0 Å². The van der Waals surface area contributed by atoms with Gasteiger partial charge in [0.2, 0.25) is 0 Å². The van der Waals surface area contributed by atoms with Crippen LogP contribution in [0.15, 0.2) is 23.1 Å². The summed E-state index contributed by atoms with van der Waals surface area (Å²) in [5.74, 6) is 0. The van der Waals surface area contributed by atoms with Crippen molar-refractivity contribution in [2.75, 3.05) is 20.4 Å². The summed E-state index contributed by atoms with van der Waals surface area (Å²) < 4.78 is 11.6. The minimum Gasteiger partial charge on any atom is -0.358 e. The van der Waals surface area contributed by atoms with Gasteiger partial charge in [0.25, 0.3) is 0 Å². The van der Waals surface area contributed by atoms with Crippen LogP contribution in [-0.2, 0) is 23.6 Å². The van der Waals surface area contributed by atoms with Gasteiger partial charge in [0, 0.05) is 44.6 Å². The number of fused-ring (bicyclic) bond motifs is 3. The molecule has 1 N–H and O–H groups in total. The summed E-state index contributed by atoms with van der Waals surface area (Å²) in [6.07, 6.45) is 5.14. The molecule has 0 spiro atoms. The van der Waals surface area contributed by atoms with Crippen molar-refractivity contribution in [1.29, 1.82) is 0 Å². The summed E-state index contributed by atoms with van der Waals surface area (Å²) in [4.78, 5) is 6.75. The fourth-order valence-electron chi connectivity index (χ4n) is 3.00. The molecule has 1 aliphatic rings. The molecule has 0 aliphatic heterocycles. The first kappa shape index (κ1) is 12.9. The van der Waals surface area contributed by atoms with Crippen LogP contribution in [0, 0.1) is 0 Å². The highest BCUT2D eigenvalue weighted by Crippen LogP contribution is 2.31. The molecule has 19 heavy (non-hydrogen) atoms. The smallest absolute Gasteiger partial charge is 0.0498 e.